The molecule has 2 aromatic rings. The highest BCUT2D eigenvalue weighted by atomic mass is 79.9. The Balaban J connectivity index is 1.81. The van der Waals surface area contributed by atoms with E-state index in [2.05, 4.69) is 20.9 Å². The van der Waals surface area contributed by atoms with Crippen LogP contribution in [-0.2, 0) is 9.53 Å². The van der Waals surface area contributed by atoms with Crippen LogP contribution in [0.5, 0.6) is 0 Å². The fourth-order valence-corrected chi connectivity index (χ4v) is 5.42. The predicted octanol–water partition coefficient (Wildman–Crippen LogP) is 5.99. The molecular formula is C20H18BrCl2NO2. The van der Waals surface area contributed by atoms with Gasteiger partial charge in [0.1, 0.15) is 6.10 Å². The van der Waals surface area contributed by atoms with E-state index >= 15 is 0 Å². The summed E-state index contributed by atoms with van der Waals surface area (Å²) in [5.41, 5.74) is 2.04. The van der Waals surface area contributed by atoms with Gasteiger partial charge in [0.15, 0.2) is 0 Å². The van der Waals surface area contributed by atoms with Crippen molar-refractivity contribution in [2.45, 2.75) is 37.7 Å². The summed E-state index contributed by atoms with van der Waals surface area (Å²) in [6.07, 6.45) is 3.36. The monoisotopic (exact) mass is 453 g/mol. The number of carbonyl (C=O) groups is 1. The van der Waals surface area contributed by atoms with Gasteiger partial charge in [-0.25, -0.2) is 0 Å². The van der Waals surface area contributed by atoms with Gasteiger partial charge in [0.25, 0.3) is 0 Å². The van der Waals surface area contributed by atoms with Crippen molar-refractivity contribution in [3.63, 3.8) is 0 Å². The minimum atomic E-state index is -0.128. The molecule has 3 nitrogen and oxygen atoms in total. The molecule has 0 amide bonds. The number of cyclic esters (lactones) is 1. The molecular weight excluding hydrogens is 437 g/mol. The minimum absolute atomic E-state index is 0.0669. The Morgan fingerprint density at radius 2 is 1.92 bits per heavy atom. The number of rotatable bonds is 2. The number of benzene rings is 1. The van der Waals surface area contributed by atoms with E-state index in [4.69, 9.17) is 27.9 Å². The lowest BCUT2D eigenvalue weighted by Crippen LogP contribution is -2.35. The number of halogens is 3. The number of carbonyl (C=O) groups excluding carboxylic acids is 1. The topological polar surface area (TPSA) is 39.2 Å². The predicted molar refractivity (Wildman–Crippen MR) is 106 cm³/mol. The second-order valence-electron chi connectivity index (χ2n) is 7.10. The van der Waals surface area contributed by atoms with Gasteiger partial charge in [-0.1, -0.05) is 29.3 Å². The number of pyridine rings is 1. The highest BCUT2D eigenvalue weighted by molar-refractivity contribution is 9.10. The summed E-state index contributed by atoms with van der Waals surface area (Å²) in [5.74, 6) is 0.198. The fraction of sp³-hybridized carbons (Fsp3) is 0.400. The third-order valence-electron chi connectivity index (χ3n) is 5.70. The van der Waals surface area contributed by atoms with Crippen molar-refractivity contribution < 1.29 is 9.53 Å². The van der Waals surface area contributed by atoms with Crippen LogP contribution in [0.1, 0.15) is 42.9 Å². The van der Waals surface area contributed by atoms with Crippen molar-refractivity contribution in [2.24, 2.45) is 11.8 Å². The Bertz CT molecular complexity index is 842. The van der Waals surface area contributed by atoms with Crippen LogP contribution in [0.3, 0.4) is 0 Å². The molecule has 1 aromatic carbocycles. The molecule has 2 heterocycles. The van der Waals surface area contributed by atoms with Crippen LogP contribution in [0.4, 0.5) is 0 Å². The van der Waals surface area contributed by atoms with E-state index < -0.39 is 0 Å². The largest absolute Gasteiger partial charge is 0.462 e. The van der Waals surface area contributed by atoms with Gasteiger partial charge in [-0.3, -0.25) is 9.78 Å². The molecule has 0 radical (unpaired) electrons. The Labute approximate surface area is 171 Å². The molecule has 1 saturated heterocycles. The quantitative estimate of drug-likeness (QED) is 0.523. The van der Waals surface area contributed by atoms with Gasteiger partial charge in [0, 0.05) is 38.2 Å². The smallest absolute Gasteiger partial charge is 0.309 e. The summed E-state index contributed by atoms with van der Waals surface area (Å²) in [5, 5.41) is 1.29. The van der Waals surface area contributed by atoms with Crippen LogP contribution >= 0.6 is 39.1 Å². The molecule has 1 aliphatic heterocycles. The number of hydrogen-bond donors (Lipinski definition) is 0. The van der Waals surface area contributed by atoms with Crippen molar-refractivity contribution in [1.82, 2.24) is 4.98 Å². The molecule has 26 heavy (non-hydrogen) atoms. The molecule has 0 N–H and O–H groups in total. The zero-order valence-electron chi connectivity index (χ0n) is 14.2. The van der Waals surface area contributed by atoms with Gasteiger partial charge in [-0.15, -0.1) is 0 Å². The summed E-state index contributed by atoms with van der Waals surface area (Å²) in [6, 6.07) is 9.69. The van der Waals surface area contributed by atoms with Crippen LogP contribution in [0.25, 0.3) is 0 Å². The van der Waals surface area contributed by atoms with E-state index in [0.717, 1.165) is 28.6 Å². The van der Waals surface area contributed by atoms with Crippen LogP contribution in [0.15, 0.2) is 41.0 Å². The average Bonchev–Trinajstić information content (AvgIpc) is 2.90. The highest BCUT2D eigenvalue weighted by Crippen LogP contribution is 2.54. The first-order chi connectivity index (χ1) is 12.5. The van der Waals surface area contributed by atoms with Crippen LogP contribution in [0, 0.1) is 11.8 Å². The summed E-state index contributed by atoms with van der Waals surface area (Å²) >= 11 is 16.1. The maximum atomic E-state index is 12.3. The summed E-state index contributed by atoms with van der Waals surface area (Å²) in [6.45, 7) is 1.99. The van der Waals surface area contributed by atoms with E-state index in [0.29, 0.717) is 10.0 Å². The molecule has 2 aliphatic rings. The number of esters is 1. The van der Waals surface area contributed by atoms with E-state index in [1.165, 1.54) is 0 Å². The third kappa shape index (κ3) is 3.17. The maximum Gasteiger partial charge on any atom is 0.309 e. The molecule has 1 aromatic heterocycles. The molecule has 136 valence electrons. The summed E-state index contributed by atoms with van der Waals surface area (Å²) < 4.78 is 6.52. The summed E-state index contributed by atoms with van der Waals surface area (Å²) in [7, 11) is 0. The lowest BCUT2D eigenvalue weighted by molar-refractivity contribution is -0.143. The number of nitrogens with zero attached hydrogens (tertiary/aromatic N) is 1. The second kappa shape index (κ2) is 7.14. The zero-order valence-corrected chi connectivity index (χ0v) is 17.3. The van der Waals surface area contributed by atoms with Gasteiger partial charge in [-0.05, 0) is 71.4 Å². The second-order valence-corrected chi connectivity index (χ2v) is 8.86. The van der Waals surface area contributed by atoms with Crippen LogP contribution < -0.4 is 0 Å². The molecule has 2 fully saturated rings. The lowest BCUT2D eigenvalue weighted by Gasteiger charge is -2.39. The molecule has 0 spiro atoms. The highest BCUT2D eigenvalue weighted by Gasteiger charge is 2.52. The Kier molecular flexibility index (Phi) is 5.02. The first-order valence-electron chi connectivity index (χ1n) is 8.72. The average molecular weight is 455 g/mol. The van der Waals surface area contributed by atoms with E-state index in [1.807, 2.05) is 37.4 Å². The van der Waals surface area contributed by atoms with Crippen molar-refractivity contribution in [1.29, 1.82) is 0 Å². The molecule has 6 heteroatoms. The Morgan fingerprint density at radius 3 is 2.62 bits per heavy atom. The van der Waals surface area contributed by atoms with E-state index in [9.17, 15) is 4.79 Å². The lowest BCUT2D eigenvalue weighted by atomic mass is 9.63. The van der Waals surface area contributed by atoms with Crippen molar-refractivity contribution in [2.75, 3.05) is 0 Å². The van der Waals surface area contributed by atoms with E-state index in [1.54, 1.807) is 6.07 Å². The van der Waals surface area contributed by atoms with Gasteiger partial charge in [0.2, 0.25) is 0 Å². The molecule has 1 saturated carbocycles. The Hall–Kier alpha value is -1.10. The first kappa shape index (κ1) is 18.3. The molecule has 4 rings (SSSR count). The standard InChI is InChI=1S/C20H18BrCl2NO2/c1-10-18-15(20(25)26-10)6-5-14(13-4-3-12(22)8-16(13)23)19(18)17-7-2-11(21)9-24-17/h2-4,7-10,14-15,18-19H,5-6H2,1H3/t10-,14+,15-,18-,19-/m1/s1. The van der Waals surface area contributed by atoms with Crippen LogP contribution in [-0.4, -0.2) is 17.1 Å². The van der Waals surface area contributed by atoms with Crippen LogP contribution in [0.2, 0.25) is 10.0 Å². The van der Waals surface area contributed by atoms with Gasteiger partial charge in [-0.2, -0.15) is 0 Å². The first-order valence-corrected chi connectivity index (χ1v) is 10.3. The van der Waals surface area contributed by atoms with Crippen molar-refractivity contribution in [3.8, 4) is 0 Å². The number of ether oxygens (including phenoxy) is 1. The molecule has 0 unspecified atom stereocenters. The van der Waals surface area contributed by atoms with Gasteiger partial charge in [0.05, 0.1) is 5.92 Å². The Morgan fingerprint density at radius 1 is 1.15 bits per heavy atom. The minimum Gasteiger partial charge on any atom is -0.462 e. The van der Waals surface area contributed by atoms with Gasteiger partial charge < -0.3 is 4.74 Å². The van der Waals surface area contributed by atoms with Gasteiger partial charge >= 0.3 is 5.97 Å². The normalized spacial score (nSPS) is 30.8. The molecule has 0 bridgehead atoms. The molecule has 5 atom stereocenters. The number of hydrogen-bond acceptors (Lipinski definition) is 3. The number of fused-ring (bicyclic) bond motifs is 1. The third-order valence-corrected chi connectivity index (χ3v) is 6.73. The van der Waals surface area contributed by atoms with Crippen molar-refractivity contribution in [3.05, 3.63) is 62.3 Å². The van der Waals surface area contributed by atoms with Crippen molar-refractivity contribution >= 4 is 45.1 Å². The van der Waals surface area contributed by atoms with E-state index in [-0.39, 0.29) is 35.7 Å². The fourth-order valence-electron chi connectivity index (χ4n) is 4.63. The maximum absolute atomic E-state index is 12.3. The summed E-state index contributed by atoms with van der Waals surface area (Å²) in [4.78, 5) is 17.0. The number of aromatic nitrogens is 1. The SMILES string of the molecule is C[C@H]1OC(=O)[C@@H]2CC[C@@H](c3ccc(Cl)cc3Cl)[C@H](c3ccc(Br)cn3)[C@H]12. The molecule has 1 aliphatic carbocycles. The zero-order chi connectivity index (χ0) is 18.4.